The van der Waals surface area contributed by atoms with Crippen LogP contribution in [0.1, 0.15) is 17.7 Å². The Hall–Kier alpha value is -1.38. The lowest BCUT2D eigenvalue weighted by molar-refractivity contribution is 0.151. The van der Waals surface area contributed by atoms with E-state index in [0.717, 1.165) is 11.1 Å². The summed E-state index contributed by atoms with van der Waals surface area (Å²) in [5.41, 5.74) is 0.690. The van der Waals surface area contributed by atoms with Gasteiger partial charge in [-0.3, -0.25) is 0 Å². The fourth-order valence-corrected chi connectivity index (χ4v) is 1.33. The van der Waals surface area contributed by atoms with Crippen LogP contribution in [0.5, 0.6) is 0 Å². The predicted octanol–water partition coefficient (Wildman–Crippen LogP) is 3.68. The maximum absolute atomic E-state index is 12.3. The van der Waals surface area contributed by atoms with Crippen molar-refractivity contribution in [3.8, 4) is 0 Å². The zero-order valence-electron chi connectivity index (χ0n) is 7.05. The molecule has 0 aliphatic heterocycles. The molecule has 2 aromatic rings. The maximum atomic E-state index is 12.3. The Morgan fingerprint density at radius 3 is 2.69 bits per heavy atom. The summed E-state index contributed by atoms with van der Waals surface area (Å²) in [6.45, 7) is 1.79. The monoisotopic (exact) mass is 182 g/mol. The fraction of sp³-hybridized carbons (Fsp3) is 0.200. The Bertz CT molecular complexity index is 431. The number of aryl methyl sites for hydroxylation is 1. The SMILES string of the molecule is Cc1cc2cc(C(F)F)ccc2o1. The van der Waals surface area contributed by atoms with Crippen LogP contribution >= 0.6 is 0 Å². The Morgan fingerprint density at radius 1 is 1.23 bits per heavy atom. The summed E-state index contributed by atoms with van der Waals surface area (Å²) in [5.74, 6) is 0.737. The number of alkyl halides is 2. The smallest absolute Gasteiger partial charge is 0.263 e. The summed E-state index contributed by atoms with van der Waals surface area (Å²) in [5, 5.41) is 0.732. The molecule has 0 saturated heterocycles. The minimum absolute atomic E-state index is 0.0355. The standard InChI is InChI=1S/C10H8F2O/c1-6-4-8-5-7(10(11)12)2-3-9(8)13-6/h2-5,10H,1H3. The van der Waals surface area contributed by atoms with Crippen molar-refractivity contribution >= 4 is 11.0 Å². The first-order valence-corrected chi connectivity index (χ1v) is 3.95. The first kappa shape index (κ1) is 8.23. The van der Waals surface area contributed by atoms with Crippen molar-refractivity contribution in [2.45, 2.75) is 13.3 Å². The molecule has 0 saturated carbocycles. The van der Waals surface area contributed by atoms with Crippen molar-refractivity contribution in [2.24, 2.45) is 0 Å². The van der Waals surface area contributed by atoms with E-state index in [1.807, 2.05) is 0 Å². The van der Waals surface area contributed by atoms with E-state index in [9.17, 15) is 8.78 Å². The number of hydrogen-bond acceptors (Lipinski definition) is 1. The highest BCUT2D eigenvalue weighted by atomic mass is 19.3. The maximum Gasteiger partial charge on any atom is 0.263 e. The van der Waals surface area contributed by atoms with E-state index in [-0.39, 0.29) is 5.56 Å². The lowest BCUT2D eigenvalue weighted by Crippen LogP contribution is -1.81. The van der Waals surface area contributed by atoms with Gasteiger partial charge in [0, 0.05) is 10.9 Å². The van der Waals surface area contributed by atoms with Crippen molar-refractivity contribution in [2.75, 3.05) is 0 Å². The fourth-order valence-electron chi connectivity index (χ4n) is 1.33. The molecule has 2 rings (SSSR count). The van der Waals surface area contributed by atoms with Crippen molar-refractivity contribution in [3.05, 3.63) is 35.6 Å². The van der Waals surface area contributed by atoms with E-state index < -0.39 is 6.43 Å². The van der Waals surface area contributed by atoms with Crippen LogP contribution in [-0.4, -0.2) is 0 Å². The molecule has 1 aromatic carbocycles. The molecular formula is C10H8F2O. The average molecular weight is 182 g/mol. The van der Waals surface area contributed by atoms with Crippen LogP contribution in [0.2, 0.25) is 0 Å². The molecule has 13 heavy (non-hydrogen) atoms. The number of hydrogen-bond donors (Lipinski definition) is 0. The van der Waals surface area contributed by atoms with Gasteiger partial charge < -0.3 is 4.42 Å². The van der Waals surface area contributed by atoms with E-state index in [1.165, 1.54) is 12.1 Å². The average Bonchev–Trinajstić information content (AvgIpc) is 2.42. The molecule has 0 aliphatic carbocycles. The summed E-state index contributed by atoms with van der Waals surface area (Å²) < 4.78 is 29.8. The Morgan fingerprint density at radius 2 is 2.00 bits per heavy atom. The van der Waals surface area contributed by atoms with Crippen molar-refractivity contribution in [1.29, 1.82) is 0 Å². The van der Waals surface area contributed by atoms with Crippen LogP contribution in [0.15, 0.2) is 28.7 Å². The van der Waals surface area contributed by atoms with Crippen LogP contribution in [0.25, 0.3) is 11.0 Å². The Labute approximate surface area is 74.0 Å². The molecule has 68 valence electrons. The molecule has 3 heteroatoms. The summed E-state index contributed by atoms with van der Waals surface area (Å²) >= 11 is 0. The second-order valence-electron chi connectivity index (χ2n) is 2.96. The van der Waals surface area contributed by atoms with Crippen molar-refractivity contribution in [3.63, 3.8) is 0 Å². The van der Waals surface area contributed by atoms with Gasteiger partial charge in [-0.1, -0.05) is 0 Å². The molecule has 0 atom stereocenters. The number of halogens is 2. The van der Waals surface area contributed by atoms with Gasteiger partial charge in [0.15, 0.2) is 0 Å². The third-order valence-electron chi connectivity index (χ3n) is 1.92. The highest BCUT2D eigenvalue weighted by Gasteiger charge is 2.08. The van der Waals surface area contributed by atoms with Crippen LogP contribution in [-0.2, 0) is 0 Å². The zero-order valence-corrected chi connectivity index (χ0v) is 7.05. The van der Waals surface area contributed by atoms with Crippen molar-refractivity contribution < 1.29 is 13.2 Å². The molecule has 0 amide bonds. The van der Waals surface area contributed by atoms with E-state index in [0.29, 0.717) is 5.58 Å². The highest BCUT2D eigenvalue weighted by Crippen LogP contribution is 2.25. The largest absolute Gasteiger partial charge is 0.461 e. The van der Waals surface area contributed by atoms with Gasteiger partial charge in [0.1, 0.15) is 11.3 Å². The third-order valence-corrected chi connectivity index (χ3v) is 1.92. The molecule has 0 unspecified atom stereocenters. The van der Waals surface area contributed by atoms with E-state index in [1.54, 1.807) is 19.1 Å². The summed E-state index contributed by atoms with van der Waals surface area (Å²) in [7, 11) is 0. The van der Waals surface area contributed by atoms with Gasteiger partial charge in [0.05, 0.1) is 0 Å². The highest BCUT2D eigenvalue weighted by molar-refractivity contribution is 5.78. The molecule has 0 spiro atoms. The first-order valence-electron chi connectivity index (χ1n) is 3.95. The molecule has 1 aromatic heterocycles. The summed E-state index contributed by atoms with van der Waals surface area (Å²) in [6, 6.07) is 6.16. The van der Waals surface area contributed by atoms with E-state index >= 15 is 0 Å². The van der Waals surface area contributed by atoms with Gasteiger partial charge in [0.25, 0.3) is 6.43 Å². The molecule has 0 radical (unpaired) electrons. The number of rotatable bonds is 1. The Kier molecular flexibility index (Phi) is 1.79. The molecule has 0 N–H and O–H groups in total. The van der Waals surface area contributed by atoms with Crippen molar-refractivity contribution in [1.82, 2.24) is 0 Å². The molecular weight excluding hydrogens is 174 g/mol. The normalized spacial score (nSPS) is 11.4. The van der Waals surface area contributed by atoms with Gasteiger partial charge in [0.2, 0.25) is 0 Å². The molecule has 1 heterocycles. The minimum Gasteiger partial charge on any atom is -0.461 e. The summed E-state index contributed by atoms with van der Waals surface area (Å²) in [6.07, 6.45) is -2.42. The number of benzene rings is 1. The van der Waals surface area contributed by atoms with Gasteiger partial charge in [-0.05, 0) is 31.2 Å². The molecule has 0 bridgehead atoms. The lowest BCUT2D eigenvalue weighted by atomic mass is 10.2. The van der Waals surface area contributed by atoms with Gasteiger partial charge in [-0.25, -0.2) is 8.78 Å². The quantitative estimate of drug-likeness (QED) is 0.655. The van der Waals surface area contributed by atoms with E-state index in [2.05, 4.69) is 0 Å². The predicted molar refractivity (Wildman–Crippen MR) is 45.9 cm³/mol. The second-order valence-corrected chi connectivity index (χ2v) is 2.96. The van der Waals surface area contributed by atoms with Crippen LogP contribution in [0.3, 0.4) is 0 Å². The van der Waals surface area contributed by atoms with Gasteiger partial charge >= 0.3 is 0 Å². The molecule has 1 nitrogen and oxygen atoms in total. The van der Waals surface area contributed by atoms with Crippen LogP contribution in [0, 0.1) is 6.92 Å². The Balaban J connectivity index is 2.61. The second kappa shape index (κ2) is 2.83. The summed E-state index contributed by atoms with van der Waals surface area (Å²) in [4.78, 5) is 0. The minimum atomic E-state index is -2.42. The zero-order chi connectivity index (χ0) is 9.42. The number of fused-ring (bicyclic) bond motifs is 1. The van der Waals surface area contributed by atoms with Gasteiger partial charge in [-0.2, -0.15) is 0 Å². The van der Waals surface area contributed by atoms with E-state index in [4.69, 9.17) is 4.42 Å². The molecule has 0 aliphatic rings. The molecule has 0 fully saturated rings. The third kappa shape index (κ3) is 1.41. The lowest BCUT2D eigenvalue weighted by Gasteiger charge is -1.97. The van der Waals surface area contributed by atoms with Gasteiger partial charge in [-0.15, -0.1) is 0 Å². The van der Waals surface area contributed by atoms with Crippen LogP contribution in [0.4, 0.5) is 8.78 Å². The van der Waals surface area contributed by atoms with Crippen LogP contribution < -0.4 is 0 Å². The first-order chi connectivity index (χ1) is 6.16. The topological polar surface area (TPSA) is 13.1 Å². The number of furan rings is 1.